The van der Waals surface area contributed by atoms with E-state index >= 15 is 0 Å². The maximum absolute atomic E-state index is 10.8. The Balaban J connectivity index is 3.68. The third-order valence-electron chi connectivity index (χ3n) is 2.34. The lowest BCUT2D eigenvalue weighted by molar-refractivity contribution is -0.114. The summed E-state index contributed by atoms with van der Waals surface area (Å²) < 4.78 is 0. The molecule has 0 unspecified atom stereocenters. The third kappa shape index (κ3) is 5.75. The van der Waals surface area contributed by atoms with E-state index in [2.05, 4.69) is 12.2 Å². The van der Waals surface area contributed by atoms with Crippen LogP contribution >= 0.6 is 0 Å². The first-order valence-corrected chi connectivity index (χ1v) is 5.26. The predicted molar refractivity (Wildman–Crippen MR) is 60.0 cm³/mol. The number of primary amides is 1. The summed E-state index contributed by atoms with van der Waals surface area (Å²) in [6.07, 6.45) is 3.18. The van der Waals surface area contributed by atoms with E-state index in [9.17, 15) is 4.79 Å². The largest absolute Gasteiger partial charge is 0.366 e. The Hall–Kier alpha value is -0.830. The molecule has 0 atom stereocenters. The van der Waals surface area contributed by atoms with Crippen molar-refractivity contribution in [1.29, 1.82) is 0 Å². The zero-order valence-electron chi connectivity index (χ0n) is 9.52. The smallest absolute Gasteiger partial charge is 0.244 e. The molecule has 3 heteroatoms. The van der Waals surface area contributed by atoms with Gasteiger partial charge in [-0.2, -0.15) is 0 Å². The van der Waals surface area contributed by atoms with Gasteiger partial charge in [0.05, 0.1) is 0 Å². The SMILES string of the molecule is CCCNCCCC(C)=C(C)C(N)=O. The van der Waals surface area contributed by atoms with Gasteiger partial charge in [-0.25, -0.2) is 0 Å². The monoisotopic (exact) mass is 198 g/mol. The molecule has 0 rings (SSSR count). The summed E-state index contributed by atoms with van der Waals surface area (Å²) in [5.74, 6) is -0.302. The molecule has 3 N–H and O–H groups in total. The Labute approximate surface area is 86.8 Å². The van der Waals surface area contributed by atoms with Crippen molar-refractivity contribution in [2.45, 2.75) is 40.0 Å². The number of nitrogens with one attached hydrogen (secondary N) is 1. The quantitative estimate of drug-likeness (QED) is 0.482. The Bertz CT molecular complexity index is 209. The standard InChI is InChI=1S/C11H22N2O/c1-4-7-13-8-5-6-9(2)10(3)11(12)14/h13H,4-8H2,1-3H3,(H2,12,14). The van der Waals surface area contributed by atoms with Gasteiger partial charge in [0.2, 0.25) is 5.91 Å². The van der Waals surface area contributed by atoms with Gasteiger partial charge in [0, 0.05) is 5.57 Å². The van der Waals surface area contributed by atoms with Gasteiger partial charge in [-0.15, -0.1) is 0 Å². The molecule has 0 aromatic carbocycles. The zero-order chi connectivity index (χ0) is 11.0. The lowest BCUT2D eigenvalue weighted by Crippen LogP contribution is -2.16. The second kappa shape index (κ2) is 7.56. The summed E-state index contributed by atoms with van der Waals surface area (Å²) >= 11 is 0. The molecule has 0 saturated heterocycles. The summed E-state index contributed by atoms with van der Waals surface area (Å²) in [6.45, 7) is 7.99. The molecule has 0 fully saturated rings. The van der Waals surface area contributed by atoms with E-state index in [0.29, 0.717) is 5.57 Å². The molecule has 14 heavy (non-hydrogen) atoms. The van der Waals surface area contributed by atoms with E-state index < -0.39 is 0 Å². The molecule has 0 saturated carbocycles. The highest BCUT2D eigenvalue weighted by atomic mass is 16.1. The summed E-state index contributed by atoms with van der Waals surface area (Å²) in [6, 6.07) is 0. The molecule has 1 amide bonds. The molecular formula is C11H22N2O. The highest BCUT2D eigenvalue weighted by Gasteiger charge is 2.02. The number of hydrogen-bond acceptors (Lipinski definition) is 2. The van der Waals surface area contributed by atoms with Gasteiger partial charge in [-0.1, -0.05) is 12.5 Å². The van der Waals surface area contributed by atoms with Crippen molar-refractivity contribution in [3.63, 3.8) is 0 Å². The predicted octanol–water partition coefficient (Wildman–Crippen LogP) is 1.59. The van der Waals surface area contributed by atoms with Crippen molar-refractivity contribution in [3.8, 4) is 0 Å². The zero-order valence-corrected chi connectivity index (χ0v) is 9.52. The molecule has 0 bridgehead atoms. The first kappa shape index (κ1) is 13.2. The minimum atomic E-state index is -0.302. The first-order chi connectivity index (χ1) is 6.59. The van der Waals surface area contributed by atoms with Crippen LogP contribution < -0.4 is 11.1 Å². The topological polar surface area (TPSA) is 55.1 Å². The summed E-state index contributed by atoms with van der Waals surface area (Å²) in [4.78, 5) is 10.8. The second-order valence-corrected chi connectivity index (χ2v) is 3.62. The van der Waals surface area contributed by atoms with Crippen LogP contribution in [-0.2, 0) is 4.79 Å². The Morgan fingerprint density at radius 2 is 1.93 bits per heavy atom. The molecule has 0 spiro atoms. The van der Waals surface area contributed by atoms with Gasteiger partial charge in [0.25, 0.3) is 0 Å². The van der Waals surface area contributed by atoms with Crippen LogP contribution in [0.3, 0.4) is 0 Å². The highest BCUT2D eigenvalue weighted by Crippen LogP contribution is 2.09. The fourth-order valence-electron chi connectivity index (χ4n) is 1.18. The van der Waals surface area contributed by atoms with Gasteiger partial charge >= 0.3 is 0 Å². The fourth-order valence-corrected chi connectivity index (χ4v) is 1.18. The molecule has 0 aromatic rings. The minimum absolute atomic E-state index is 0.302. The average Bonchev–Trinajstić information content (AvgIpc) is 2.16. The van der Waals surface area contributed by atoms with Gasteiger partial charge in [-0.3, -0.25) is 4.79 Å². The van der Waals surface area contributed by atoms with Crippen LogP contribution in [0.5, 0.6) is 0 Å². The highest BCUT2D eigenvalue weighted by molar-refractivity contribution is 5.91. The van der Waals surface area contributed by atoms with E-state index in [1.165, 1.54) is 0 Å². The van der Waals surface area contributed by atoms with E-state index in [0.717, 1.165) is 37.9 Å². The molecule has 0 radical (unpaired) electrons. The van der Waals surface area contributed by atoms with Crippen molar-refractivity contribution in [2.75, 3.05) is 13.1 Å². The summed E-state index contributed by atoms with van der Waals surface area (Å²) in [5.41, 5.74) is 6.99. The van der Waals surface area contributed by atoms with Crippen molar-refractivity contribution in [2.24, 2.45) is 5.73 Å². The minimum Gasteiger partial charge on any atom is -0.366 e. The van der Waals surface area contributed by atoms with Crippen LogP contribution in [0.25, 0.3) is 0 Å². The normalized spacial score (nSPS) is 12.5. The van der Waals surface area contributed by atoms with E-state index in [4.69, 9.17) is 5.73 Å². The number of allylic oxidation sites excluding steroid dienone is 1. The average molecular weight is 198 g/mol. The van der Waals surface area contributed by atoms with Crippen molar-refractivity contribution in [1.82, 2.24) is 5.32 Å². The number of nitrogens with two attached hydrogens (primary N) is 1. The molecule has 0 aliphatic rings. The maximum atomic E-state index is 10.8. The Kier molecular flexibility index (Phi) is 7.11. The van der Waals surface area contributed by atoms with Gasteiger partial charge in [0.1, 0.15) is 0 Å². The molecule has 3 nitrogen and oxygen atoms in total. The number of carbonyl (C=O) groups excluding carboxylic acids is 1. The van der Waals surface area contributed by atoms with Crippen molar-refractivity contribution in [3.05, 3.63) is 11.1 Å². The molecular weight excluding hydrogens is 176 g/mol. The maximum Gasteiger partial charge on any atom is 0.244 e. The Morgan fingerprint density at radius 1 is 1.29 bits per heavy atom. The Morgan fingerprint density at radius 3 is 2.43 bits per heavy atom. The second-order valence-electron chi connectivity index (χ2n) is 3.62. The van der Waals surface area contributed by atoms with Crippen LogP contribution in [0.4, 0.5) is 0 Å². The van der Waals surface area contributed by atoms with E-state index in [1.54, 1.807) is 6.92 Å². The van der Waals surface area contributed by atoms with Crippen molar-refractivity contribution < 1.29 is 4.79 Å². The van der Waals surface area contributed by atoms with Crippen LogP contribution in [0.15, 0.2) is 11.1 Å². The number of rotatable bonds is 7. The van der Waals surface area contributed by atoms with Gasteiger partial charge < -0.3 is 11.1 Å². The molecule has 82 valence electrons. The number of carbonyl (C=O) groups is 1. The molecule has 0 aliphatic heterocycles. The van der Waals surface area contributed by atoms with Gasteiger partial charge in [0.15, 0.2) is 0 Å². The van der Waals surface area contributed by atoms with Gasteiger partial charge in [-0.05, 0) is 46.2 Å². The fraction of sp³-hybridized carbons (Fsp3) is 0.727. The number of hydrogen-bond donors (Lipinski definition) is 2. The molecule has 0 aliphatic carbocycles. The van der Waals surface area contributed by atoms with E-state index in [-0.39, 0.29) is 5.91 Å². The summed E-state index contributed by atoms with van der Waals surface area (Å²) in [5, 5.41) is 3.32. The molecule has 0 heterocycles. The lowest BCUT2D eigenvalue weighted by Gasteiger charge is -2.05. The third-order valence-corrected chi connectivity index (χ3v) is 2.34. The van der Waals surface area contributed by atoms with Crippen LogP contribution in [0, 0.1) is 0 Å². The van der Waals surface area contributed by atoms with Crippen molar-refractivity contribution >= 4 is 5.91 Å². The van der Waals surface area contributed by atoms with Crippen LogP contribution in [0.1, 0.15) is 40.0 Å². The van der Waals surface area contributed by atoms with Crippen LogP contribution in [0.2, 0.25) is 0 Å². The molecule has 0 aromatic heterocycles. The van der Waals surface area contributed by atoms with E-state index in [1.807, 2.05) is 6.92 Å². The van der Waals surface area contributed by atoms with Crippen LogP contribution in [-0.4, -0.2) is 19.0 Å². The lowest BCUT2D eigenvalue weighted by atomic mass is 10.1. The summed E-state index contributed by atoms with van der Waals surface area (Å²) in [7, 11) is 0. The first-order valence-electron chi connectivity index (χ1n) is 5.26. The number of amides is 1.